The molecule has 0 aromatic rings. The van der Waals surface area contributed by atoms with Crippen molar-refractivity contribution in [2.24, 2.45) is 0 Å². The summed E-state index contributed by atoms with van der Waals surface area (Å²) >= 11 is 0. The molecular weight excluding hydrogens is 268 g/mol. The molecule has 1 rings (SSSR count). The van der Waals surface area contributed by atoms with Gasteiger partial charge in [-0.05, 0) is 31.1 Å². The molecule has 0 saturated heterocycles. The Bertz CT molecular complexity index is 371. The van der Waals surface area contributed by atoms with Gasteiger partial charge < -0.3 is 9.53 Å². The Balaban J connectivity index is 2.95. The fourth-order valence-corrected chi connectivity index (χ4v) is 6.38. The van der Waals surface area contributed by atoms with Crippen LogP contribution in [0.4, 0.5) is 0 Å². The molecule has 0 bridgehead atoms. The minimum Gasteiger partial charge on any atom is -0.547 e. The second-order valence-corrected chi connectivity index (χ2v) is 19.0. The third-order valence-electron chi connectivity index (χ3n) is 4.68. The Labute approximate surface area is 121 Å². The van der Waals surface area contributed by atoms with Crippen LogP contribution in [-0.2, 0) is 4.43 Å². The molecule has 0 radical (unpaired) electrons. The molecule has 0 heterocycles. The van der Waals surface area contributed by atoms with Gasteiger partial charge in [-0.1, -0.05) is 40.4 Å². The van der Waals surface area contributed by atoms with Crippen LogP contribution >= 0.6 is 0 Å². The molecule has 0 saturated carbocycles. The first-order chi connectivity index (χ1) is 8.17. The summed E-state index contributed by atoms with van der Waals surface area (Å²) in [6.07, 6.45) is 2.90. The summed E-state index contributed by atoms with van der Waals surface area (Å²) in [4.78, 5) is 0. The lowest BCUT2D eigenvalue weighted by Crippen LogP contribution is -2.41. The quantitative estimate of drug-likeness (QED) is 0.762. The van der Waals surface area contributed by atoms with E-state index in [-0.39, 0.29) is 5.04 Å². The van der Waals surface area contributed by atoms with Crippen molar-refractivity contribution in [1.82, 2.24) is 0 Å². The van der Waals surface area contributed by atoms with Crippen LogP contribution in [0, 0.1) is 0 Å². The van der Waals surface area contributed by atoms with Crippen LogP contribution in [0.2, 0.25) is 43.3 Å². The van der Waals surface area contributed by atoms with Gasteiger partial charge in [-0.2, -0.15) is 0 Å². The van der Waals surface area contributed by atoms with Crippen molar-refractivity contribution in [3.8, 4) is 0 Å². The lowest BCUT2D eigenvalue weighted by Gasteiger charge is -2.37. The maximum absolute atomic E-state index is 10.7. The fourth-order valence-electron chi connectivity index (χ4n) is 2.62. The molecular formula is C15H32O2Si2. The molecule has 1 aliphatic rings. The number of aliphatic hydroxyl groups is 1. The van der Waals surface area contributed by atoms with Gasteiger partial charge in [0.25, 0.3) is 0 Å². The van der Waals surface area contributed by atoms with Gasteiger partial charge in [-0.15, -0.1) is 0 Å². The van der Waals surface area contributed by atoms with Crippen LogP contribution in [0.5, 0.6) is 0 Å². The van der Waals surface area contributed by atoms with E-state index in [1.807, 2.05) is 6.92 Å². The average molecular weight is 301 g/mol. The van der Waals surface area contributed by atoms with Gasteiger partial charge in [0, 0.05) is 12.0 Å². The van der Waals surface area contributed by atoms with E-state index in [0.717, 1.165) is 5.76 Å². The molecule has 0 fully saturated rings. The van der Waals surface area contributed by atoms with E-state index in [1.165, 1.54) is 0 Å². The Kier molecular flexibility index (Phi) is 4.24. The van der Waals surface area contributed by atoms with Crippen LogP contribution < -0.4 is 0 Å². The fraction of sp³-hybridized carbons (Fsp3) is 0.867. The maximum Gasteiger partial charge on any atom is 0.250 e. The molecule has 19 heavy (non-hydrogen) atoms. The third-order valence-corrected chi connectivity index (χ3v) is 11.7. The minimum absolute atomic E-state index is 0.205. The molecule has 1 unspecified atom stereocenters. The van der Waals surface area contributed by atoms with Crippen molar-refractivity contribution in [3.05, 3.63) is 11.8 Å². The minimum atomic E-state index is -1.79. The van der Waals surface area contributed by atoms with Crippen LogP contribution in [0.25, 0.3) is 0 Å². The van der Waals surface area contributed by atoms with Gasteiger partial charge in [0.2, 0.25) is 8.32 Å². The normalized spacial score (nSPS) is 29.4. The molecule has 0 aromatic carbocycles. The number of hydrogen-bond acceptors (Lipinski definition) is 2. The van der Waals surface area contributed by atoms with E-state index in [0.29, 0.717) is 12.0 Å². The maximum atomic E-state index is 10.7. The lowest BCUT2D eigenvalue weighted by molar-refractivity contribution is 0.0647. The van der Waals surface area contributed by atoms with E-state index in [4.69, 9.17) is 4.43 Å². The highest BCUT2D eigenvalue weighted by molar-refractivity contribution is 6.78. The van der Waals surface area contributed by atoms with E-state index in [9.17, 15) is 5.11 Å². The smallest absolute Gasteiger partial charge is 0.250 e. The first-order valence-corrected chi connectivity index (χ1v) is 13.8. The molecule has 0 aliphatic heterocycles. The lowest BCUT2D eigenvalue weighted by atomic mass is 10.0. The van der Waals surface area contributed by atoms with Gasteiger partial charge in [0.05, 0.1) is 19.4 Å². The number of rotatable bonds is 3. The van der Waals surface area contributed by atoms with Gasteiger partial charge in [-0.25, -0.2) is 0 Å². The van der Waals surface area contributed by atoms with E-state index in [1.54, 1.807) is 0 Å². The monoisotopic (exact) mass is 300 g/mol. The largest absolute Gasteiger partial charge is 0.547 e. The highest BCUT2D eigenvalue weighted by atomic mass is 28.4. The molecule has 1 N–H and O–H groups in total. The topological polar surface area (TPSA) is 29.5 Å². The molecule has 2 nitrogen and oxygen atoms in total. The van der Waals surface area contributed by atoms with Crippen molar-refractivity contribution in [1.29, 1.82) is 0 Å². The standard InChI is InChI=1S/C15H32O2Si2/c1-14(2,3)19(8,9)17-12-10-13(18(5,6)7)15(4,16)11-12/h10,13,16H,11H2,1-9H3/t13?,15-/m1/s1. The highest BCUT2D eigenvalue weighted by Gasteiger charge is 2.47. The van der Waals surface area contributed by atoms with Crippen molar-refractivity contribution < 1.29 is 9.53 Å². The van der Waals surface area contributed by atoms with Gasteiger partial charge in [0.15, 0.2) is 0 Å². The van der Waals surface area contributed by atoms with Crippen molar-refractivity contribution >= 4 is 16.4 Å². The molecule has 1 aliphatic carbocycles. The first-order valence-electron chi connectivity index (χ1n) is 7.29. The molecule has 2 atom stereocenters. The Morgan fingerprint density at radius 3 is 2.00 bits per heavy atom. The second kappa shape index (κ2) is 4.74. The molecule has 4 heteroatoms. The van der Waals surface area contributed by atoms with Crippen LogP contribution in [0.3, 0.4) is 0 Å². The zero-order chi connectivity index (χ0) is 15.3. The summed E-state index contributed by atoms with van der Waals surface area (Å²) in [7, 11) is -3.20. The van der Waals surface area contributed by atoms with Crippen molar-refractivity contribution in [2.75, 3.05) is 0 Å². The number of hydrogen-bond donors (Lipinski definition) is 1. The van der Waals surface area contributed by atoms with Crippen molar-refractivity contribution in [3.63, 3.8) is 0 Å². The summed E-state index contributed by atoms with van der Waals surface area (Å²) in [5.74, 6) is 1.03. The molecule has 0 aromatic heterocycles. The Morgan fingerprint density at radius 1 is 1.21 bits per heavy atom. The van der Waals surface area contributed by atoms with Crippen LogP contribution in [-0.4, -0.2) is 27.1 Å². The predicted octanol–water partition coefficient (Wildman–Crippen LogP) is 4.76. The highest BCUT2D eigenvalue weighted by Crippen LogP contribution is 2.47. The SMILES string of the molecule is CC(C)(C)[Si](C)(C)OC1=CC([Si](C)(C)C)[C@](C)(O)C1. The van der Waals surface area contributed by atoms with Crippen LogP contribution in [0.15, 0.2) is 11.8 Å². The zero-order valence-corrected chi connectivity index (χ0v) is 16.2. The van der Waals surface area contributed by atoms with E-state index >= 15 is 0 Å². The molecule has 112 valence electrons. The predicted molar refractivity (Wildman–Crippen MR) is 88.7 cm³/mol. The van der Waals surface area contributed by atoms with Crippen LogP contribution in [0.1, 0.15) is 34.1 Å². The second-order valence-electron chi connectivity index (χ2n) is 8.87. The zero-order valence-electron chi connectivity index (χ0n) is 14.2. The first kappa shape index (κ1) is 17.0. The molecule has 0 spiro atoms. The Hall–Kier alpha value is -0.0662. The summed E-state index contributed by atoms with van der Waals surface area (Å²) in [6, 6.07) is 0. The van der Waals surface area contributed by atoms with Crippen molar-refractivity contribution in [2.45, 2.75) is 83.0 Å². The van der Waals surface area contributed by atoms with E-state index in [2.05, 4.69) is 59.6 Å². The van der Waals surface area contributed by atoms with Gasteiger partial charge in [-0.3, -0.25) is 0 Å². The Morgan fingerprint density at radius 2 is 1.68 bits per heavy atom. The summed E-state index contributed by atoms with van der Waals surface area (Å²) in [5, 5.41) is 10.9. The van der Waals surface area contributed by atoms with Gasteiger partial charge in [0.1, 0.15) is 0 Å². The van der Waals surface area contributed by atoms with E-state index < -0.39 is 22.0 Å². The summed E-state index contributed by atoms with van der Waals surface area (Å²) in [5.41, 5.74) is -0.331. The summed E-state index contributed by atoms with van der Waals surface area (Å²) < 4.78 is 6.39. The summed E-state index contributed by atoms with van der Waals surface area (Å²) in [6.45, 7) is 20.2. The average Bonchev–Trinajstić information content (AvgIpc) is 2.36. The molecule has 0 amide bonds. The third kappa shape index (κ3) is 3.73. The van der Waals surface area contributed by atoms with Gasteiger partial charge >= 0.3 is 0 Å².